The number of carbonyl (C=O) groups is 1. The Morgan fingerprint density at radius 1 is 1.50 bits per heavy atom. The van der Waals surface area contributed by atoms with Crippen LogP contribution in [-0.4, -0.2) is 49.7 Å². The Kier molecular flexibility index (Phi) is 5.60. The molecule has 4 nitrogen and oxygen atoms in total. The molecule has 1 saturated carbocycles. The summed E-state index contributed by atoms with van der Waals surface area (Å²) in [7, 11) is 3.36. The first-order valence-corrected chi connectivity index (χ1v) is 7.07. The molecule has 0 spiro atoms. The fourth-order valence-electron chi connectivity index (χ4n) is 2.66. The normalized spacial score (nSPS) is 20.6. The molecule has 1 fully saturated rings. The van der Waals surface area contributed by atoms with Gasteiger partial charge in [0, 0.05) is 12.6 Å². The molecule has 1 rings (SSSR count). The summed E-state index contributed by atoms with van der Waals surface area (Å²) in [5, 5.41) is 3.26. The summed E-state index contributed by atoms with van der Waals surface area (Å²) in [5.74, 6) is 0.308. The van der Waals surface area contributed by atoms with Crippen molar-refractivity contribution < 1.29 is 9.53 Å². The second kappa shape index (κ2) is 6.53. The van der Waals surface area contributed by atoms with Gasteiger partial charge in [0.2, 0.25) is 0 Å². The van der Waals surface area contributed by atoms with Crippen molar-refractivity contribution in [2.45, 2.75) is 51.6 Å². The molecule has 0 aliphatic heterocycles. The maximum atomic E-state index is 12.2. The number of nitrogens with one attached hydrogen (secondary N) is 1. The van der Waals surface area contributed by atoms with E-state index in [1.165, 1.54) is 7.11 Å². The molecule has 106 valence electrons. The number of likely N-dealkylation sites (N-methyl/N-ethyl adjacent to an activating group) is 2. The smallest absolute Gasteiger partial charge is 0.327 e. The van der Waals surface area contributed by atoms with Crippen LogP contribution in [0.1, 0.15) is 40.0 Å². The van der Waals surface area contributed by atoms with E-state index in [1.807, 2.05) is 7.05 Å². The van der Waals surface area contributed by atoms with Crippen LogP contribution in [0.4, 0.5) is 0 Å². The Labute approximate surface area is 111 Å². The van der Waals surface area contributed by atoms with Crippen LogP contribution < -0.4 is 5.32 Å². The van der Waals surface area contributed by atoms with E-state index in [-0.39, 0.29) is 5.97 Å². The Morgan fingerprint density at radius 3 is 2.44 bits per heavy atom. The number of methoxy groups -OCH3 is 1. The van der Waals surface area contributed by atoms with E-state index in [0.717, 1.165) is 32.4 Å². The van der Waals surface area contributed by atoms with E-state index >= 15 is 0 Å². The van der Waals surface area contributed by atoms with Gasteiger partial charge in [-0.3, -0.25) is 4.90 Å². The molecule has 0 aromatic heterocycles. The van der Waals surface area contributed by atoms with E-state index in [9.17, 15) is 4.79 Å². The summed E-state index contributed by atoms with van der Waals surface area (Å²) >= 11 is 0. The van der Waals surface area contributed by atoms with E-state index in [2.05, 4.69) is 31.0 Å². The van der Waals surface area contributed by atoms with Gasteiger partial charge in [-0.2, -0.15) is 0 Å². The van der Waals surface area contributed by atoms with Crippen LogP contribution in [0.25, 0.3) is 0 Å². The van der Waals surface area contributed by atoms with Crippen molar-refractivity contribution in [3.8, 4) is 0 Å². The summed E-state index contributed by atoms with van der Waals surface area (Å²) in [5.41, 5.74) is -0.520. The molecule has 0 radical (unpaired) electrons. The highest BCUT2D eigenvalue weighted by molar-refractivity contribution is 5.82. The minimum Gasteiger partial charge on any atom is -0.468 e. The molecule has 0 heterocycles. The summed E-state index contributed by atoms with van der Waals surface area (Å²) < 4.78 is 5.04. The van der Waals surface area contributed by atoms with Gasteiger partial charge >= 0.3 is 5.97 Å². The van der Waals surface area contributed by atoms with Crippen LogP contribution in [-0.2, 0) is 9.53 Å². The summed E-state index contributed by atoms with van der Waals surface area (Å²) in [6.07, 6.45) is 3.33. The van der Waals surface area contributed by atoms with Crippen molar-refractivity contribution in [1.29, 1.82) is 0 Å². The van der Waals surface area contributed by atoms with Gasteiger partial charge in [-0.05, 0) is 45.7 Å². The van der Waals surface area contributed by atoms with Gasteiger partial charge in [-0.1, -0.05) is 13.8 Å². The largest absolute Gasteiger partial charge is 0.468 e. The number of nitrogens with zero attached hydrogens (tertiary/aromatic N) is 1. The second-order valence-corrected chi connectivity index (χ2v) is 5.31. The number of hydrogen-bond donors (Lipinski definition) is 1. The van der Waals surface area contributed by atoms with Crippen molar-refractivity contribution in [3.63, 3.8) is 0 Å². The lowest BCUT2D eigenvalue weighted by Crippen LogP contribution is -2.61. The Balaban J connectivity index is 2.86. The number of esters is 1. The molecule has 2 unspecified atom stereocenters. The Bertz CT molecular complexity index is 279. The molecule has 4 heteroatoms. The molecular weight excluding hydrogens is 228 g/mol. The van der Waals surface area contributed by atoms with Crippen molar-refractivity contribution in [2.24, 2.45) is 5.92 Å². The van der Waals surface area contributed by atoms with Gasteiger partial charge < -0.3 is 10.1 Å². The monoisotopic (exact) mass is 256 g/mol. The highest BCUT2D eigenvalue weighted by Gasteiger charge is 2.51. The molecular formula is C14H28N2O2. The first-order valence-electron chi connectivity index (χ1n) is 7.07. The average molecular weight is 256 g/mol. The predicted octanol–water partition coefficient (Wildman–Crippen LogP) is 1.65. The molecule has 2 atom stereocenters. The van der Waals surface area contributed by atoms with Crippen molar-refractivity contribution in [2.75, 3.05) is 27.2 Å². The maximum Gasteiger partial charge on any atom is 0.327 e. The SMILES string of the molecule is CCC(C)N(CC)CC(NC)(C(=O)OC)C1CC1. The first kappa shape index (κ1) is 15.4. The fraction of sp³-hybridized carbons (Fsp3) is 0.929. The molecule has 0 aromatic rings. The summed E-state index contributed by atoms with van der Waals surface area (Å²) in [6.45, 7) is 8.25. The second-order valence-electron chi connectivity index (χ2n) is 5.31. The molecule has 0 bridgehead atoms. The van der Waals surface area contributed by atoms with E-state index in [4.69, 9.17) is 4.74 Å². The Morgan fingerprint density at radius 2 is 2.11 bits per heavy atom. The van der Waals surface area contributed by atoms with Crippen LogP contribution in [0, 0.1) is 5.92 Å². The number of ether oxygens (including phenoxy) is 1. The number of rotatable bonds is 8. The van der Waals surface area contributed by atoms with Crippen molar-refractivity contribution >= 4 is 5.97 Å². The van der Waals surface area contributed by atoms with Crippen LogP contribution in [0.3, 0.4) is 0 Å². The third-order valence-electron chi connectivity index (χ3n) is 4.34. The van der Waals surface area contributed by atoms with Gasteiger partial charge in [0.25, 0.3) is 0 Å². The zero-order valence-corrected chi connectivity index (χ0v) is 12.5. The lowest BCUT2D eigenvalue weighted by Gasteiger charge is -2.38. The third-order valence-corrected chi connectivity index (χ3v) is 4.34. The lowest BCUT2D eigenvalue weighted by atomic mass is 9.91. The molecule has 1 aliphatic rings. The highest BCUT2D eigenvalue weighted by Crippen LogP contribution is 2.41. The van der Waals surface area contributed by atoms with Crippen LogP contribution >= 0.6 is 0 Å². The molecule has 1 aliphatic carbocycles. The van der Waals surface area contributed by atoms with E-state index in [0.29, 0.717) is 12.0 Å². The summed E-state index contributed by atoms with van der Waals surface area (Å²) in [4.78, 5) is 14.6. The minimum atomic E-state index is -0.520. The molecule has 0 aromatic carbocycles. The molecule has 0 saturated heterocycles. The standard InChI is InChI=1S/C14H28N2O2/c1-6-11(3)16(7-2)10-14(15-4,12-8-9-12)13(17)18-5/h11-12,15H,6-10H2,1-5H3. The fourth-order valence-corrected chi connectivity index (χ4v) is 2.66. The van der Waals surface area contributed by atoms with Gasteiger partial charge in [0.1, 0.15) is 5.54 Å². The zero-order valence-electron chi connectivity index (χ0n) is 12.5. The Hall–Kier alpha value is -0.610. The van der Waals surface area contributed by atoms with Crippen LogP contribution in [0.15, 0.2) is 0 Å². The van der Waals surface area contributed by atoms with Crippen LogP contribution in [0.5, 0.6) is 0 Å². The number of hydrogen-bond acceptors (Lipinski definition) is 4. The van der Waals surface area contributed by atoms with Gasteiger partial charge in [-0.25, -0.2) is 4.79 Å². The lowest BCUT2D eigenvalue weighted by molar-refractivity contribution is -0.150. The average Bonchev–Trinajstić information content (AvgIpc) is 3.23. The topological polar surface area (TPSA) is 41.6 Å². The van der Waals surface area contributed by atoms with Gasteiger partial charge in [-0.15, -0.1) is 0 Å². The number of carbonyl (C=O) groups excluding carboxylic acids is 1. The predicted molar refractivity (Wildman–Crippen MR) is 73.5 cm³/mol. The van der Waals surface area contributed by atoms with E-state index < -0.39 is 5.54 Å². The summed E-state index contributed by atoms with van der Waals surface area (Å²) in [6, 6.07) is 0.492. The zero-order chi connectivity index (χ0) is 13.8. The highest BCUT2D eigenvalue weighted by atomic mass is 16.5. The molecule has 1 N–H and O–H groups in total. The molecule has 18 heavy (non-hydrogen) atoms. The van der Waals surface area contributed by atoms with Crippen molar-refractivity contribution in [3.05, 3.63) is 0 Å². The first-order chi connectivity index (χ1) is 8.55. The van der Waals surface area contributed by atoms with Crippen molar-refractivity contribution in [1.82, 2.24) is 10.2 Å². The maximum absolute atomic E-state index is 12.2. The van der Waals surface area contributed by atoms with Gasteiger partial charge in [0.15, 0.2) is 0 Å². The van der Waals surface area contributed by atoms with E-state index in [1.54, 1.807) is 0 Å². The molecule has 0 amide bonds. The van der Waals surface area contributed by atoms with Gasteiger partial charge in [0.05, 0.1) is 7.11 Å². The third kappa shape index (κ3) is 3.04. The van der Waals surface area contributed by atoms with Crippen LogP contribution in [0.2, 0.25) is 0 Å². The minimum absolute atomic E-state index is 0.116. The quantitative estimate of drug-likeness (QED) is 0.671.